The Kier molecular flexibility index (Phi) is 4.49. The summed E-state index contributed by atoms with van der Waals surface area (Å²) in [4.78, 5) is 12.0. The van der Waals surface area contributed by atoms with Gasteiger partial charge < -0.3 is 5.32 Å². The van der Waals surface area contributed by atoms with Crippen molar-refractivity contribution in [1.29, 1.82) is 0 Å². The smallest absolute Gasteiger partial charge is 0.210 e. The van der Waals surface area contributed by atoms with Gasteiger partial charge in [0.05, 0.1) is 18.1 Å². The van der Waals surface area contributed by atoms with Crippen LogP contribution in [-0.2, 0) is 0 Å². The summed E-state index contributed by atoms with van der Waals surface area (Å²) in [7, 11) is 0. The van der Waals surface area contributed by atoms with E-state index in [1.165, 1.54) is 6.33 Å². The standard InChI is InChI=1S/C9H16N6/c1-7(2)3-13-9(15-10)14-8-4-11-6-12-5-8/h4-7H,3,10H2,1-2H3,(H2,13,14,15). The van der Waals surface area contributed by atoms with Crippen LogP contribution in [0.15, 0.2) is 23.7 Å². The summed E-state index contributed by atoms with van der Waals surface area (Å²) in [5.41, 5.74) is 3.24. The molecule has 0 atom stereocenters. The Bertz CT molecular complexity index is 308. The zero-order valence-corrected chi connectivity index (χ0v) is 8.94. The Hall–Kier alpha value is -1.69. The SMILES string of the molecule is CC(C)CN=C(NN)Nc1cncnc1. The summed E-state index contributed by atoms with van der Waals surface area (Å²) in [6.45, 7) is 4.88. The van der Waals surface area contributed by atoms with E-state index in [9.17, 15) is 0 Å². The quantitative estimate of drug-likeness (QED) is 0.289. The number of rotatable bonds is 3. The first-order valence-corrected chi connectivity index (χ1v) is 4.75. The van der Waals surface area contributed by atoms with Gasteiger partial charge in [0.1, 0.15) is 6.33 Å². The highest BCUT2D eigenvalue weighted by atomic mass is 15.3. The van der Waals surface area contributed by atoms with Crippen LogP contribution < -0.4 is 16.6 Å². The molecule has 0 unspecified atom stereocenters. The lowest BCUT2D eigenvalue weighted by atomic mass is 10.2. The van der Waals surface area contributed by atoms with E-state index in [0.717, 1.165) is 5.69 Å². The second-order valence-corrected chi connectivity index (χ2v) is 3.48. The fraction of sp³-hybridized carbons (Fsp3) is 0.444. The number of hydrogen-bond donors (Lipinski definition) is 3. The van der Waals surface area contributed by atoms with Crippen LogP contribution in [0.25, 0.3) is 0 Å². The number of aliphatic imine (C=N–C) groups is 1. The van der Waals surface area contributed by atoms with E-state index in [0.29, 0.717) is 18.4 Å². The van der Waals surface area contributed by atoms with Gasteiger partial charge in [0.2, 0.25) is 5.96 Å². The minimum Gasteiger partial charge on any atom is -0.323 e. The van der Waals surface area contributed by atoms with Crippen LogP contribution in [0.2, 0.25) is 0 Å². The first-order chi connectivity index (χ1) is 7.22. The van der Waals surface area contributed by atoms with Gasteiger partial charge >= 0.3 is 0 Å². The van der Waals surface area contributed by atoms with Gasteiger partial charge in [-0.3, -0.25) is 10.4 Å². The number of anilines is 1. The third kappa shape index (κ3) is 4.37. The Morgan fingerprint density at radius 3 is 2.67 bits per heavy atom. The summed E-state index contributed by atoms with van der Waals surface area (Å²) in [6, 6.07) is 0. The molecular weight excluding hydrogens is 192 g/mol. The molecule has 0 saturated heterocycles. The molecule has 0 radical (unpaired) electrons. The predicted octanol–water partition coefficient (Wildman–Crippen LogP) is 0.364. The number of nitrogens with two attached hydrogens (primary N) is 1. The molecule has 15 heavy (non-hydrogen) atoms. The van der Waals surface area contributed by atoms with Crippen molar-refractivity contribution in [2.45, 2.75) is 13.8 Å². The first kappa shape index (κ1) is 11.4. The van der Waals surface area contributed by atoms with Crippen LogP contribution in [0.3, 0.4) is 0 Å². The maximum Gasteiger partial charge on any atom is 0.210 e. The Balaban J connectivity index is 2.58. The topological polar surface area (TPSA) is 88.2 Å². The lowest BCUT2D eigenvalue weighted by molar-refractivity contribution is 0.663. The number of aromatic nitrogens is 2. The largest absolute Gasteiger partial charge is 0.323 e. The summed E-state index contributed by atoms with van der Waals surface area (Å²) in [5, 5.41) is 2.97. The monoisotopic (exact) mass is 208 g/mol. The molecule has 0 spiro atoms. The average Bonchev–Trinajstić information content (AvgIpc) is 2.25. The van der Waals surface area contributed by atoms with Gasteiger partial charge in [-0.15, -0.1) is 0 Å². The van der Waals surface area contributed by atoms with Crippen molar-refractivity contribution in [2.24, 2.45) is 16.8 Å². The zero-order chi connectivity index (χ0) is 11.1. The maximum atomic E-state index is 5.32. The van der Waals surface area contributed by atoms with Crippen molar-refractivity contribution >= 4 is 11.6 Å². The van der Waals surface area contributed by atoms with Crippen molar-refractivity contribution in [1.82, 2.24) is 15.4 Å². The van der Waals surface area contributed by atoms with Gasteiger partial charge in [-0.05, 0) is 5.92 Å². The van der Waals surface area contributed by atoms with E-state index in [1.54, 1.807) is 12.4 Å². The fourth-order valence-electron chi connectivity index (χ4n) is 0.895. The van der Waals surface area contributed by atoms with E-state index in [4.69, 9.17) is 5.84 Å². The van der Waals surface area contributed by atoms with Crippen LogP contribution in [0, 0.1) is 5.92 Å². The second kappa shape index (κ2) is 5.92. The first-order valence-electron chi connectivity index (χ1n) is 4.75. The van der Waals surface area contributed by atoms with E-state index < -0.39 is 0 Å². The number of hydrazine groups is 1. The van der Waals surface area contributed by atoms with Crippen molar-refractivity contribution in [3.63, 3.8) is 0 Å². The molecule has 6 nitrogen and oxygen atoms in total. The second-order valence-electron chi connectivity index (χ2n) is 3.48. The summed E-state index contributed by atoms with van der Waals surface area (Å²) >= 11 is 0. The third-order valence-corrected chi connectivity index (χ3v) is 1.57. The molecule has 6 heteroatoms. The third-order valence-electron chi connectivity index (χ3n) is 1.57. The van der Waals surface area contributed by atoms with E-state index in [2.05, 4.69) is 39.6 Å². The van der Waals surface area contributed by atoms with Gasteiger partial charge in [0.25, 0.3) is 0 Å². The predicted molar refractivity (Wildman–Crippen MR) is 60.1 cm³/mol. The van der Waals surface area contributed by atoms with E-state index >= 15 is 0 Å². The van der Waals surface area contributed by atoms with Crippen LogP contribution in [0.1, 0.15) is 13.8 Å². The summed E-state index contributed by atoms with van der Waals surface area (Å²) in [6.07, 6.45) is 4.76. The lowest BCUT2D eigenvalue weighted by Gasteiger charge is -2.08. The van der Waals surface area contributed by atoms with Crippen LogP contribution >= 0.6 is 0 Å². The van der Waals surface area contributed by atoms with Crippen LogP contribution in [0.5, 0.6) is 0 Å². The van der Waals surface area contributed by atoms with Crippen molar-refractivity contribution in [3.8, 4) is 0 Å². The molecular formula is C9H16N6. The molecule has 0 aliphatic rings. The van der Waals surface area contributed by atoms with Crippen LogP contribution in [-0.4, -0.2) is 22.5 Å². The summed E-state index contributed by atoms with van der Waals surface area (Å²) in [5.74, 6) is 6.32. The molecule has 0 aliphatic carbocycles. The molecule has 4 N–H and O–H groups in total. The van der Waals surface area contributed by atoms with Gasteiger partial charge in [0, 0.05) is 6.54 Å². The Morgan fingerprint density at radius 1 is 1.47 bits per heavy atom. The van der Waals surface area contributed by atoms with Crippen molar-refractivity contribution < 1.29 is 0 Å². The molecule has 0 amide bonds. The molecule has 0 aliphatic heterocycles. The highest BCUT2D eigenvalue weighted by molar-refractivity contribution is 5.92. The molecule has 1 heterocycles. The molecule has 1 rings (SSSR count). The lowest BCUT2D eigenvalue weighted by Crippen LogP contribution is -2.36. The molecule has 1 aromatic rings. The van der Waals surface area contributed by atoms with Crippen molar-refractivity contribution in [3.05, 3.63) is 18.7 Å². The molecule has 0 aromatic carbocycles. The fourth-order valence-corrected chi connectivity index (χ4v) is 0.895. The molecule has 0 saturated carbocycles. The van der Waals surface area contributed by atoms with Gasteiger partial charge in [-0.2, -0.15) is 0 Å². The van der Waals surface area contributed by atoms with E-state index in [1.807, 2.05) is 0 Å². The normalized spacial score (nSPS) is 11.6. The molecule has 1 aromatic heterocycles. The Labute approximate surface area is 89.0 Å². The van der Waals surface area contributed by atoms with Crippen LogP contribution in [0.4, 0.5) is 5.69 Å². The highest BCUT2D eigenvalue weighted by Gasteiger charge is 1.98. The zero-order valence-electron chi connectivity index (χ0n) is 8.94. The number of hydrogen-bond acceptors (Lipinski definition) is 4. The summed E-state index contributed by atoms with van der Waals surface area (Å²) < 4.78 is 0. The minimum absolute atomic E-state index is 0.488. The molecule has 0 bridgehead atoms. The highest BCUT2D eigenvalue weighted by Crippen LogP contribution is 2.00. The van der Waals surface area contributed by atoms with Gasteiger partial charge in [-0.25, -0.2) is 15.8 Å². The van der Waals surface area contributed by atoms with Crippen molar-refractivity contribution in [2.75, 3.05) is 11.9 Å². The number of guanidine groups is 1. The van der Waals surface area contributed by atoms with Gasteiger partial charge in [-0.1, -0.05) is 13.8 Å². The molecule has 0 fully saturated rings. The number of nitrogens with one attached hydrogen (secondary N) is 2. The number of nitrogens with zero attached hydrogens (tertiary/aromatic N) is 3. The maximum absolute atomic E-state index is 5.32. The Morgan fingerprint density at radius 2 is 2.13 bits per heavy atom. The average molecular weight is 208 g/mol. The minimum atomic E-state index is 0.488. The van der Waals surface area contributed by atoms with Gasteiger partial charge in [0.15, 0.2) is 0 Å². The van der Waals surface area contributed by atoms with E-state index in [-0.39, 0.29) is 0 Å². The molecule has 82 valence electrons.